The van der Waals surface area contributed by atoms with E-state index in [4.69, 9.17) is 14.1 Å². The highest BCUT2D eigenvalue weighted by Gasteiger charge is 2.24. The van der Waals surface area contributed by atoms with Crippen molar-refractivity contribution in [3.05, 3.63) is 71.4 Å². The van der Waals surface area contributed by atoms with Crippen molar-refractivity contribution in [3.8, 4) is 0 Å². The Morgan fingerprint density at radius 2 is 1.72 bits per heavy atom. The topological polar surface area (TPSA) is 69.9 Å². The van der Waals surface area contributed by atoms with E-state index in [9.17, 15) is 4.39 Å². The molecule has 0 amide bonds. The van der Waals surface area contributed by atoms with E-state index in [2.05, 4.69) is 25.0 Å². The lowest BCUT2D eigenvalue weighted by Gasteiger charge is -2.36. The summed E-state index contributed by atoms with van der Waals surface area (Å²) in [5, 5.41) is 3.67. The van der Waals surface area contributed by atoms with Gasteiger partial charge in [0.25, 0.3) is 0 Å². The minimum Gasteiger partial charge on any atom is -0.465 e. The zero-order chi connectivity index (χ0) is 26.9. The molecule has 3 aromatic heterocycles. The summed E-state index contributed by atoms with van der Waals surface area (Å²) in [7, 11) is 0. The number of furan rings is 1. The van der Waals surface area contributed by atoms with Crippen LogP contribution in [0.5, 0.6) is 0 Å². The van der Waals surface area contributed by atoms with Gasteiger partial charge in [0.05, 0.1) is 60.1 Å². The first-order chi connectivity index (χ1) is 18.9. The quantitative estimate of drug-likeness (QED) is 0.370. The van der Waals surface area contributed by atoms with E-state index >= 15 is 4.39 Å². The first kappa shape index (κ1) is 25.5. The lowest BCUT2D eigenvalue weighted by Crippen LogP contribution is -2.46. The highest BCUT2D eigenvalue weighted by atomic mass is 19.1. The normalized spacial score (nSPS) is 16.7. The molecule has 6 rings (SSSR count). The van der Waals surface area contributed by atoms with Crippen LogP contribution in [0.1, 0.15) is 17.1 Å². The predicted octanol–water partition coefficient (Wildman–Crippen LogP) is 5.02. The van der Waals surface area contributed by atoms with Crippen molar-refractivity contribution in [1.82, 2.24) is 14.9 Å². The molecule has 0 spiro atoms. The fraction of sp³-hybridized carbons (Fsp3) is 0.379. The van der Waals surface area contributed by atoms with Gasteiger partial charge >= 0.3 is 0 Å². The number of nitrogens with zero attached hydrogens (tertiary/aromatic N) is 5. The maximum atomic E-state index is 15.2. The third kappa shape index (κ3) is 5.39. The highest BCUT2D eigenvalue weighted by Crippen LogP contribution is 2.37. The summed E-state index contributed by atoms with van der Waals surface area (Å²) >= 11 is 0. The Kier molecular flexibility index (Phi) is 7.05. The van der Waals surface area contributed by atoms with Crippen LogP contribution in [0.15, 0.2) is 47.1 Å². The standard InChI is InChI=1S/C29H32F2N6O2/c1-19-3-4-24(39-19)18-35-5-7-37(8-6-35)29-20(2)28(27-25(31)13-21(30)14-26(27)34-29)33-22-15-23(17-32-16-22)36-9-11-38-12-10-36/h3-4,13-17H,5-12,18H2,1-2H3,(H,33,34). The molecule has 4 aromatic rings. The van der Waals surface area contributed by atoms with Crippen molar-refractivity contribution >= 4 is 33.8 Å². The molecule has 39 heavy (non-hydrogen) atoms. The van der Waals surface area contributed by atoms with Crippen molar-refractivity contribution in [1.29, 1.82) is 0 Å². The van der Waals surface area contributed by atoms with Crippen molar-refractivity contribution in [3.63, 3.8) is 0 Å². The van der Waals surface area contributed by atoms with Gasteiger partial charge in [-0.1, -0.05) is 0 Å². The highest BCUT2D eigenvalue weighted by molar-refractivity contribution is 5.97. The number of nitrogens with one attached hydrogen (secondary N) is 1. The van der Waals surface area contributed by atoms with Gasteiger partial charge in [0.1, 0.15) is 29.0 Å². The predicted molar refractivity (Wildman–Crippen MR) is 148 cm³/mol. The van der Waals surface area contributed by atoms with E-state index < -0.39 is 11.6 Å². The van der Waals surface area contributed by atoms with Crippen LogP contribution in [-0.4, -0.2) is 67.4 Å². The van der Waals surface area contributed by atoms with Crippen LogP contribution in [0.4, 0.5) is 31.7 Å². The van der Waals surface area contributed by atoms with Gasteiger partial charge in [-0.05, 0) is 32.0 Å². The Hall–Kier alpha value is -3.76. The molecule has 1 aromatic carbocycles. The molecule has 0 unspecified atom stereocenters. The van der Waals surface area contributed by atoms with Crippen LogP contribution in [0.3, 0.4) is 0 Å². The van der Waals surface area contributed by atoms with Gasteiger partial charge in [-0.25, -0.2) is 13.8 Å². The summed E-state index contributed by atoms with van der Waals surface area (Å²) in [6.45, 7) is 10.7. The van der Waals surface area contributed by atoms with Crippen LogP contribution in [0, 0.1) is 25.5 Å². The molecule has 0 bridgehead atoms. The van der Waals surface area contributed by atoms with Gasteiger partial charge in [0.15, 0.2) is 0 Å². The molecular formula is C29H32F2N6O2. The van der Waals surface area contributed by atoms with Gasteiger partial charge in [0.2, 0.25) is 0 Å². The molecule has 10 heteroatoms. The molecular weight excluding hydrogens is 502 g/mol. The summed E-state index contributed by atoms with van der Waals surface area (Å²) in [4.78, 5) is 15.9. The van der Waals surface area contributed by atoms with E-state index in [0.717, 1.165) is 86.2 Å². The first-order valence-electron chi connectivity index (χ1n) is 13.3. The number of ether oxygens (including phenoxy) is 1. The molecule has 1 N–H and O–H groups in total. The molecule has 0 saturated carbocycles. The average Bonchev–Trinajstić information content (AvgIpc) is 3.35. The number of halogens is 2. The average molecular weight is 535 g/mol. The number of pyridine rings is 2. The van der Waals surface area contributed by atoms with Crippen LogP contribution in [-0.2, 0) is 11.3 Å². The number of aromatic nitrogens is 2. The Labute approximate surface area is 226 Å². The van der Waals surface area contributed by atoms with Gasteiger partial charge in [-0.15, -0.1) is 0 Å². The zero-order valence-electron chi connectivity index (χ0n) is 22.2. The van der Waals surface area contributed by atoms with Crippen molar-refractivity contribution in [2.75, 3.05) is 67.6 Å². The number of morpholine rings is 1. The van der Waals surface area contributed by atoms with E-state index in [-0.39, 0.29) is 10.9 Å². The number of aryl methyl sites for hydroxylation is 1. The Morgan fingerprint density at radius 1 is 0.923 bits per heavy atom. The molecule has 2 saturated heterocycles. The van der Waals surface area contributed by atoms with E-state index in [1.165, 1.54) is 6.07 Å². The molecule has 0 radical (unpaired) electrons. The first-order valence-corrected chi connectivity index (χ1v) is 13.3. The summed E-state index contributed by atoms with van der Waals surface area (Å²) < 4.78 is 40.7. The van der Waals surface area contributed by atoms with Gasteiger partial charge in [-0.3, -0.25) is 9.88 Å². The number of hydrogen-bond acceptors (Lipinski definition) is 8. The number of benzene rings is 1. The van der Waals surface area contributed by atoms with Crippen LogP contribution in [0.25, 0.3) is 10.9 Å². The summed E-state index contributed by atoms with van der Waals surface area (Å²) in [5.74, 6) is 1.28. The zero-order valence-corrected chi connectivity index (χ0v) is 22.2. The van der Waals surface area contributed by atoms with Gasteiger partial charge in [0, 0.05) is 57.0 Å². The maximum Gasteiger partial charge on any atom is 0.137 e. The van der Waals surface area contributed by atoms with Crippen molar-refractivity contribution < 1.29 is 17.9 Å². The number of piperazine rings is 1. The van der Waals surface area contributed by atoms with Crippen molar-refractivity contribution in [2.24, 2.45) is 0 Å². The van der Waals surface area contributed by atoms with Crippen LogP contribution in [0.2, 0.25) is 0 Å². The fourth-order valence-electron chi connectivity index (χ4n) is 5.40. The second-order valence-electron chi connectivity index (χ2n) is 10.1. The van der Waals surface area contributed by atoms with Crippen LogP contribution < -0.4 is 15.1 Å². The second-order valence-corrected chi connectivity index (χ2v) is 10.1. The summed E-state index contributed by atoms with van der Waals surface area (Å²) in [6.07, 6.45) is 3.53. The van der Waals surface area contributed by atoms with E-state index in [0.29, 0.717) is 18.9 Å². The smallest absolute Gasteiger partial charge is 0.137 e. The van der Waals surface area contributed by atoms with Crippen molar-refractivity contribution in [2.45, 2.75) is 20.4 Å². The Morgan fingerprint density at radius 3 is 2.46 bits per heavy atom. The summed E-state index contributed by atoms with van der Waals surface area (Å²) in [6, 6.07) is 8.20. The van der Waals surface area contributed by atoms with Gasteiger partial charge in [-0.2, -0.15) is 0 Å². The third-order valence-electron chi connectivity index (χ3n) is 7.44. The summed E-state index contributed by atoms with van der Waals surface area (Å²) in [5.41, 5.74) is 3.35. The molecule has 0 aliphatic carbocycles. The lowest BCUT2D eigenvalue weighted by molar-refractivity contribution is 0.122. The van der Waals surface area contributed by atoms with Crippen LogP contribution >= 0.6 is 0 Å². The Bertz CT molecular complexity index is 1480. The second kappa shape index (κ2) is 10.8. The number of anilines is 4. The number of hydrogen-bond donors (Lipinski definition) is 1. The van der Waals surface area contributed by atoms with Gasteiger partial charge < -0.3 is 24.3 Å². The third-order valence-corrected chi connectivity index (χ3v) is 7.44. The molecule has 8 nitrogen and oxygen atoms in total. The molecule has 0 atom stereocenters. The molecule has 204 valence electrons. The minimum absolute atomic E-state index is 0.265. The molecule has 5 heterocycles. The monoisotopic (exact) mass is 534 g/mol. The largest absolute Gasteiger partial charge is 0.465 e. The van der Waals surface area contributed by atoms with E-state index in [1.807, 2.05) is 38.2 Å². The van der Waals surface area contributed by atoms with E-state index in [1.54, 1.807) is 6.20 Å². The SMILES string of the molecule is Cc1ccc(CN2CCN(c3nc4cc(F)cc(F)c4c(Nc4cncc(N5CCOCC5)c4)c3C)CC2)o1. The lowest BCUT2D eigenvalue weighted by atomic mass is 10.1. The molecule has 2 aliphatic heterocycles. The molecule has 2 aliphatic rings. The maximum absolute atomic E-state index is 15.2. The number of fused-ring (bicyclic) bond motifs is 1. The fourth-order valence-corrected chi connectivity index (χ4v) is 5.40. The Balaban J connectivity index is 1.30. The molecule has 2 fully saturated rings. The minimum atomic E-state index is -0.650. The number of rotatable bonds is 6.